The Morgan fingerprint density at radius 2 is 2.10 bits per heavy atom. The van der Waals surface area contributed by atoms with Crippen molar-refractivity contribution in [2.45, 2.75) is 24.8 Å². The lowest BCUT2D eigenvalue weighted by atomic mass is 9.97. The van der Waals surface area contributed by atoms with E-state index in [0.717, 1.165) is 11.3 Å². The van der Waals surface area contributed by atoms with Crippen LogP contribution < -0.4 is 16.4 Å². The van der Waals surface area contributed by atoms with Crippen LogP contribution in [0.3, 0.4) is 0 Å². The second kappa shape index (κ2) is 6.25. The van der Waals surface area contributed by atoms with Gasteiger partial charge in [-0.05, 0) is 11.6 Å². The molecule has 0 aliphatic carbocycles. The highest BCUT2D eigenvalue weighted by molar-refractivity contribution is 5.88. The Hall–Kier alpha value is -2.57. The van der Waals surface area contributed by atoms with E-state index in [-0.39, 0.29) is 12.3 Å². The number of fused-ring (bicyclic) bond motifs is 1. The molecule has 0 bridgehead atoms. The van der Waals surface area contributed by atoms with Gasteiger partial charge in [-0.3, -0.25) is 9.59 Å². The minimum Gasteiger partial charge on any atom is -0.480 e. The highest BCUT2D eigenvalue weighted by atomic mass is 16.4. The predicted octanol–water partition coefficient (Wildman–Crippen LogP) is 0.0306. The Balaban J connectivity index is 1.96. The number of carboxylic acid groups (broad SMARTS) is 1. The van der Waals surface area contributed by atoms with Crippen LogP contribution in [0.25, 0.3) is 0 Å². The summed E-state index contributed by atoms with van der Waals surface area (Å²) in [4.78, 5) is 33.7. The molecule has 7 nitrogen and oxygen atoms in total. The van der Waals surface area contributed by atoms with Crippen LogP contribution in [-0.4, -0.2) is 35.5 Å². The van der Waals surface area contributed by atoms with Crippen LogP contribution in [0.4, 0.5) is 5.69 Å². The molecule has 0 saturated heterocycles. The summed E-state index contributed by atoms with van der Waals surface area (Å²) in [7, 11) is 0. The molecule has 0 saturated carbocycles. The molecule has 2 atom stereocenters. The van der Waals surface area contributed by atoms with Gasteiger partial charge in [0.05, 0.1) is 6.42 Å². The number of carbonyl (C=O) groups is 3. The first-order valence-corrected chi connectivity index (χ1v) is 6.60. The van der Waals surface area contributed by atoms with Gasteiger partial charge in [0.15, 0.2) is 0 Å². The maximum absolute atomic E-state index is 12.0. The second-order valence-electron chi connectivity index (χ2n) is 5.00. The molecular weight excluding hydrogens is 274 g/mol. The van der Waals surface area contributed by atoms with Crippen LogP contribution in [0.2, 0.25) is 0 Å². The van der Waals surface area contributed by atoms with E-state index in [1.807, 2.05) is 24.3 Å². The number of carboxylic acids is 1. The Kier molecular flexibility index (Phi) is 4.42. The summed E-state index contributed by atoms with van der Waals surface area (Å²) in [6.07, 6.45) is -0.257. The summed E-state index contributed by atoms with van der Waals surface area (Å²) in [6.45, 7) is 0.625. The lowest BCUT2D eigenvalue weighted by molar-refractivity contribution is -0.143. The number of para-hydroxylation sites is 1. The fourth-order valence-electron chi connectivity index (χ4n) is 2.42. The molecular formula is C14H17N3O4. The number of hydrogen-bond donors (Lipinski definition) is 4. The van der Waals surface area contributed by atoms with E-state index in [1.165, 1.54) is 0 Å². The van der Waals surface area contributed by atoms with E-state index in [4.69, 9.17) is 10.8 Å². The number of carbonyl (C=O) groups excluding carboxylic acids is 2. The van der Waals surface area contributed by atoms with Crippen molar-refractivity contribution in [1.29, 1.82) is 0 Å². The third-order valence-corrected chi connectivity index (χ3v) is 3.41. The molecule has 2 amide bonds. The average molecular weight is 291 g/mol. The van der Waals surface area contributed by atoms with Gasteiger partial charge in [0.25, 0.3) is 0 Å². The molecule has 1 aliphatic heterocycles. The van der Waals surface area contributed by atoms with Gasteiger partial charge < -0.3 is 21.5 Å². The van der Waals surface area contributed by atoms with E-state index in [9.17, 15) is 14.4 Å². The Bertz CT molecular complexity index is 573. The molecule has 1 aromatic carbocycles. The van der Waals surface area contributed by atoms with Crippen LogP contribution >= 0.6 is 0 Å². The van der Waals surface area contributed by atoms with E-state index in [2.05, 4.69) is 10.6 Å². The first kappa shape index (κ1) is 14.8. The molecule has 0 radical (unpaired) electrons. The highest BCUT2D eigenvalue weighted by Gasteiger charge is 2.27. The standard InChI is InChI=1S/C14H17N3O4/c15-12(18)6-11(14(20)21)17-13(19)5-8-7-16-10-4-2-1-3-9(8)10/h1-4,8,11,16H,5-7H2,(H2,15,18)(H,17,19)(H,20,21)/t8?,11-/m1/s1. The van der Waals surface area contributed by atoms with E-state index in [1.54, 1.807) is 0 Å². The minimum atomic E-state index is -1.28. The van der Waals surface area contributed by atoms with Crippen molar-refractivity contribution >= 4 is 23.5 Å². The third kappa shape index (κ3) is 3.71. The lowest BCUT2D eigenvalue weighted by Crippen LogP contribution is -2.43. The van der Waals surface area contributed by atoms with Crippen LogP contribution in [0.1, 0.15) is 24.3 Å². The number of benzene rings is 1. The van der Waals surface area contributed by atoms with Crippen molar-refractivity contribution < 1.29 is 19.5 Å². The third-order valence-electron chi connectivity index (χ3n) is 3.41. The fourth-order valence-corrected chi connectivity index (χ4v) is 2.42. The smallest absolute Gasteiger partial charge is 0.326 e. The monoisotopic (exact) mass is 291 g/mol. The molecule has 1 unspecified atom stereocenters. The van der Waals surface area contributed by atoms with Gasteiger partial charge in [0.1, 0.15) is 6.04 Å². The van der Waals surface area contributed by atoms with Crippen molar-refractivity contribution in [3.8, 4) is 0 Å². The molecule has 0 spiro atoms. The van der Waals surface area contributed by atoms with E-state index >= 15 is 0 Å². The van der Waals surface area contributed by atoms with Crippen molar-refractivity contribution in [2.24, 2.45) is 5.73 Å². The van der Waals surface area contributed by atoms with Crippen LogP contribution in [0.5, 0.6) is 0 Å². The quantitative estimate of drug-likeness (QED) is 0.589. The number of primary amides is 1. The van der Waals surface area contributed by atoms with Gasteiger partial charge in [0, 0.05) is 24.6 Å². The largest absolute Gasteiger partial charge is 0.480 e. The predicted molar refractivity (Wildman–Crippen MR) is 75.7 cm³/mol. The molecule has 1 heterocycles. The fraction of sp³-hybridized carbons (Fsp3) is 0.357. The SMILES string of the molecule is NC(=O)C[C@@H](NC(=O)CC1CNc2ccccc21)C(=O)O. The normalized spacial score (nSPS) is 17.4. The number of nitrogens with two attached hydrogens (primary N) is 1. The molecule has 0 aromatic heterocycles. The van der Waals surface area contributed by atoms with Gasteiger partial charge in [-0.2, -0.15) is 0 Å². The zero-order chi connectivity index (χ0) is 15.4. The maximum atomic E-state index is 12.0. The molecule has 2 rings (SSSR count). The minimum absolute atomic E-state index is 0.00998. The number of hydrogen-bond acceptors (Lipinski definition) is 4. The topological polar surface area (TPSA) is 122 Å². The van der Waals surface area contributed by atoms with Gasteiger partial charge >= 0.3 is 5.97 Å². The molecule has 21 heavy (non-hydrogen) atoms. The highest BCUT2D eigenvalue weighted by Crippen LogP contribution is 2.33. The first-order chi connectivity index (χ1) is 9.97. The molecule has 0 fully saturated rings. The molecule has 1 aliphatic rings. The van der Waals surface area contributed by atoms with Gasteiger partial charge in [-0.1, -0.05) is 18.2 Å². The van der Waals surface area contributed by atoms with E-state index in [0.29, 0.717) is 6.54 Å². The number of nitrogens with one attached hydrogen (secondary N) is 2. The van der Waals surface area contributed by atoms with Crippen molar-refractivity contribution in [3.63, 3.8) is 0 Å². The maximum Gasteiger partial charge on any atom is 0.326 e. The van der Waals surface area contributed by atoms with Gasteiger partial charge in [-0.15, -0.1) is 0 Å². The summed E-state index contributed by atoms with van der Waals surface area (Å²) in [5, 5.41) is 14.5. The van der Waals surface area contributed by atoms with E-state index < -0.39 is 30.2 Å². The second-order valence-corrected chi connectivity index (χ2v) is 5.00. The zero-order valence-electron chi connectivity index (χ0n) is 11.3. The number of rotatable bonds is 6. The summed E-state index contributed by atoms with van der Waals surface area (Å²) < 4.78 is 0. The zero-order valence-corrected chi connectivity index (χ0v) is 11.3. The Morgan fingerprint density at radius 1 is 1.38 bits per heavy atom. The van der Waals surface area contributed by atoms with Crippen LogP contribution in [0.15, 0.2) is 24.3 Å². The van der Waals surface area contributed by atoms with Crippen LogP contribution in [-0.2, 0) is 14.4 Å². The summed E-state index contributed by atoms with van der Waals surface area (Å²) in [5.41, 5.74) is 6.99. The number of anilines is 1. The van der Waals surface area contributed by atoms with Gasteiger partial charge in [0.2, 0.25) is 11.8 Å². The van der Waals surface area contributed by atoms with Gasteiger partial charge in [-0.25, -0.2) is 4.79 Å². The number of amides is 2. The van der Waals surface area contributed by atoms with Crippen molar-refractivity contribution in [1.82, 2.24) is 5.32 Å². The van der Waals surface area contributed by atoms with Crippen molar-refractivity contribution in [3.05, 3.63) is 29.8 Å². The van der Waals surface area contributed by atoms with Crippen LogP contribution in [0, 0.1) is 0 Å². The Morgan fingerprint density at radius 3 is 2.76 bits per heavy atom. The Labute approximate surface area is 121 Å². The molecule has 1 aromatic rings. The number of aliphatic carboxylic acids is 1. The molecule has 7 heteroatoms. The lowest BCUT2D eigenvalue weighted by Gasteiger charge is -2.15. The molecule has 112 valence electrons. The average Bonchev–Trinajstić information content (AvgIpc) is 2.81. The molecule has 5 N–H and O–H groups in total. The first-order valence-electron chi connectivity index (χ1n) is 6.60. The summed E-state index contributed by atoms with van der Waals surface area (Å²) in [5.74, 6) is -2.46. The summed E-state index contributed by atoms with van der Waals surface area (Å²) >= 11 is 0. The van der Waals surface area contributed by atoms with Crippen molar-refractivity contribution in [2.75, 3.05) is 11.9 Å². The summed E-state index contributed by atoms with van der Waals surface area (Å²) in [6, 6.07) is 6.39.